The number of aromatic nitrogens is 4. The van der Waals surface area contributed by atoms with Gasteiger partial charge in [0.2, 0.25) is 0 Å². The van der Waals surface area contributed by atoms with Crippen molar-refractivity contribution in [1.29, 1.82) is 0 Å². The van der Waals surface area contributed by atoms with Crippen LogP contribution in [-0.4, -0.2) is 31.5 Å². The van der Waals surface area contributed by atoms with E-state index in [1.807, 2.05) is 49.3 Å². The first-order valence-corrected chi connectivity index (χ1v) is 9.21. The number of hydrogen-bond acceptors (Lipinski definition) is 4. The van der Waals surface area contributed by atoms with Crippen LogP contribution in [0.1, 0.15) is 53.7 Å². The van der Waals surface area contributed by atoms with E-state index in [1.165, 1.54) is 6.42 Å². The number of aryl methyl sites for hydroxylation is 2. The van der Waals surface area contributed by atoms with Crippen molar-refractivity contribution in [2.45, 2.75) is 52.0 Å². The van der Waals surface area contributed by atoms with E-state index >= 15 is 0 Å². The van der Waals surface area contributed by atoms with Gasteiger partial charge in [-0.25, -0.2) is 14.5 Å². The summed E-state index contributed by atoms with van der Waals surface area (Å²) in [6, 6.07) is 6.00. The summed E-state index contributed by atoms with van der Waals surface area (Å²) in [5.74, 6) is 0.640. The highest BCUT2D eigenvalue weighted by molar-refractivity contribution is 6.09. The SMILES string of the molecule is Cc1ccc(N(C(=O)c2cnn3ccc(C)nc23)C2CCCCC2)nc1. The molecule has 3 aromatic rings. The normalized spacial score (nSPS) is 15.3. The lowest BCUT2D eigenvalue weighted by Gasteiger charge is -2.33. The van der Waals surface area contributed by atoms with Crippen LogP contribution in [0.4, 0.5) is 5.82 Å². The van der Waals surface area contributed by atoms with Crippen molar-refractivity contribution in [3.8, 4) is 0 Å². The van der Waals surface area contributed by atoms with Gasteiger partial charge in [0.15, 0.2) is 5.65 Å². The molecule has 1 amide bonds. The summed E-state index contributed by atoms with van der Waals surface area (Å²) in [6.07, 6.45) is 10.8. The summed E-state index contributed by atoms with van der Waals surface area (Å²) >= 11 is 0. The predicted molar refractivity (Wildman–Crippen MR) is 100 cm³/mol. The molecule has 0 atom stereocenters. The molecule has 26 heavy (non-hydrogen) atoms. The first-order valence-electron chi connectivity index (χ1n) is 9.21. The molecule has 1 aliphatic rings. The van der Waals surface area contributed by atoms with Gasteiger partial charge in [0.25, 0.3) is 5.91 Å². The van der Waals surface area contributed by atoms with Crippen LogP contribution in [0.2, 0.25) is 0 Å². The lowest BCUT2D eigenvalue weighted by molar-refractivity contribution is 0.0971. The van der Waals surface area contributed by atoms with Crippen molar-refractivity contribution in [2.75, 3.05) is 4.90 Å². The van der Waals surface area contributed by atoms with Gasteiger partial charge in [0.05, 0.1) is 6.20 Å². The molecule has 1 saturated carbocycles. The first-order chi connectivity index (χ1) is 12.6. The second-order valence-electron chi connectivity index (χ2n) is 7.06. The van der Waals surface area contributed by atoms with Crippen molar-refractivity contribution >= 4 is 17.4 Å². The average molecular weight is 349 g/mol. The largest absolute Gasteiger partial charge is 0.289 e. The molecule has 1 aliphatic carbocycles. The monoisotopic (exact) mass is 349 g/mol. The van der Waals surface area contributed by atoms with Crippen LogP contribution >= 0.6 is 0 Å². The zero-order valence-corrected chi connectivity index (χ0v) is 15.2. The van der Waals surface area contributed by atoms with Gasteiger partial charge >= 0.3 is 0 Å². The number of anilines is 1. The number of carbonyl (C=O) groups excluding carboxylic acids is 1. The number of amides is 1. The Balaban J connectivity index is 1.77. The van der Waals surface area contributed by atoms with E-state index in [0.717, 1.165) is 36.9 Å². The minimum Gasteiger partial charge on any atom is -0.289 e. The van der Waals surface area contributed by atoms with Gasteiger partial charge in [-0.3, -0.25) is 9.69 Å². The standard InChI is InChI=1S/C20H23N5O/c1-14-8-9-18(21-12-14)25(16-6-4-3-5-7-16)20(26)17-13-22-24-11-10-15(2)23-19(17)24/h8-13,16H,3-7H2,1-2H3. The number of hydrogen-bond donors (Lipinski definition) is 0. The smallest absolute Gasteiger partial charge is 0.265 e. The molecular formula is C20H23N5O. The second-order valence-corrected chi connectivity index (χ2v) is 7.06. The lowest BCUT2D eigenvalue weighted by Crippen LogP contribution is -2.42. The molecule has 4 rings (SSSR count). The van der Waals surface area contributed by atoms with Crippen molar-refractivity contribution in [3.63, 3.8) is 0 Å². The molecule has 0 saturated heterocycles. The minimum atomic E-state index is -0.0682. The van der Waals surface area contributed by atoms with E-state index in [-0.39, 0.29) is 11.9 Å². The summed E-state index contributed by atoms with van der Waals surface area (Å²) in [5.41, 5.74) is 3.08. The number of carbonyl (C=O) groups is 1. The van der Waals surface area contributed by atoms with E-state index in [2.05, 4.69) is 15.1 Å². The fourth-order valence-corrected chi connectivity index (χ4v) is 3.64. The maximum Gasteiger partial charge on any atom is 0.265 e. The lowest BCUT2D eigenvalue weighted by atomic mass is 9.93. The van der Waals surface area contributed by atoms with Gasteiger partial charge in [-0.1, -0.05) is 25.3 Å². The highest BCUT2D eigenvalue weighted by Crippen LogP contribution is 2.28. The Kier molecular flexibility index (Phi) is 4.41. The van der Waals surface area contributed by atoms with Crippen molar-refractivity contribution < 1.29 is 4.79 Å². The molecule has 0 bridgehead atoms. The van der Waals surface area contributed by atoms with Crippen molar-refractivity contribution in [2.24, 2.45) is 0 Å². The number of rotatable bonds is 3. The van der Waals surface area contributed by atoms with Crippen LogP contribution in [0.15, 0.2) is 36.8 Å². The zero-order valence-electron chi connectivity index (χ0n) is 15.2. The molecule has 0 radical (unpaired) electrons. The molecule has 0 N–H and O–H groups in total. The highest BCUT2D eigenvalue weighted by atomic mass is 16.2. The average Bonchev–Trinajstić information content (AvgIpc) is 3.07. The Morgan fingerprint density at radius 2 is 1.92 bits per heavy atom. The van der Waals surface area contributed by atoms with Crippen LogP contribution < -0.4 is 4.90 Å². The predicted octanol–water partition coefficient (Wildman–Crippen LogP) is 3.72. The van der Waals surface area contributed by atoms with Gasteiger partial charge in [0, 0.05) is 24.1 Å². The summed E-state index contributed by atoms with van der Waals surface area (Å²) < 4.78 is 1.65. The molecule has 0 spiro atoms. The Labute approximate surface area is 152 Å². The third kappa shape index (κ3) is 3.07. The van der Waals surface area contributed by atoms with Crippen LogP contribution in [0.5, 0.6) is 0 Å². The van der Waals surface area contributed by atoms with Crippen LogP contribution in [0, 0.1) is 13.8 Å². The molecule has 3 heterocycles. The van der Waals surface area contributed by atoms with E-state index in [4.69, 9.17) is 0 Å². The summed E-state index contributed by atoms with van der Waals surface area (Å²) in [4.78, 5) is 24.4. The van der Waals surface area contributed by atoms with Crippen molar-refractivity contribution in [1.82, 2.24) is 19.6 Å². The third-order valence-corrected chi connectivity index (χ3v) is 5.04. The first kappa shape index (κ1) is 16.7. The molecule has 134 valence electrons. The Hall–Kier alpha value is -2.76. The van der Waals surface area contributed by atoms with E-state index in [0.29, 0.717) is 17.0 Å². The van der Waals surface area contributed by atoms with Gasteiger partial charge in [0.1, 0.15) is 11.4 Å². The van der Waals surface area contributed by atoms with E-state index in [9.17, 15) is 4.79 Å². The molecule has 3 aromatic heterocycles. The number of fused-ring (bicyclic) bond motifs is 1. The van der Waals surface area contributed by atoms with Gasteiger partial charge in [-0.05, 0) is 44.4 Å². The summed E-state index contributed by atoms with van der Waals surface area (Å²) in [6.45, 7) is 3.92. The fourth-order valence-electron chi connectivity index (χ4n) is 3.64. The molecule has 0 unspecified atom stereocenters. The number of pyridine rings is 1. The summed E-state index contributed by atoms with van der Waals surface area (Å²) in [7, 11) is 0. The number of nitrogens with zero attached hydrogens (tertiary/aromatic N) is 5. The summed E-state index contributed by atoms with van der Waals surface area (Å²) in [5, 5.41) is 4.30. The molecule has 0 aliphatic heterocycles. The zero-order chi connectivity index (χ0) is 18.1. The molecule has 1 fully saturated rings. The molecule has 6 heteroatoms. The van der Waals surface area contributed by atoms with Gasteiger partial charge in [-0.2, -0.15) is 5.10 Å². The van der Waals surface area contributed by atoms with Crippen molar-refractivity contribution in [3.05, 3.63) is 53.6 Å². The maximum absolute atomic E-state index is 13.5. The maximum atomic E-state index is 13.5. The molecular weight excluding hydrogens is 326 g/mol. The third-order valence-electron chi connectivity index (χ3n) is 5.04. The van der Waals surface area contributed by atoms with Crippen LogP contribution in [-0.2, 0) is 0 Å². The Morgan fingerprint density at radius 3 is 2.65 bits per heavy atom. The van der Waals surface area contributed by atoms with E-state index < -0.39 is 0 Å². The molecule has 6 nitrogen and oxygen atoms in total. The highest BCUT2D eigenvalue weighted by Gasteiger charge is 2.30. The Bertz CT molecular complexity index is 925. The fraction of sp³-hybridized carbons (Fsp3) is 0.400. The molecule has 0 aromatic carbocycles. The Morgan fingerprint density at radius 1 is 1.12 bits per heavy atom. The topological polar surface area (TPSA) is 63.4 Å². The van der Waals surface area contributed by atoms with Crippen LogP contribution in [0.25, 0.3) is 5.65 Å². The van der Waals surface area contributed by atoms with Gasteiger partial charge in [-0.15, -0.1) is 0 Å². The quantitative estimate of drug-likeness (QED) is 0.723. The minimum absolute atomic E-state index is 0.0682. The second kappa shape index (κ2) is 6.86. The van der Waals surface area contributed by atoms with Gasteiger partial charge < -0.3 is 0 Å². The van der Waals surface area contributed by atoms with E-state index in [1.54, 1.807) is 10.7 Å². The van der Waals surface area contributed by atoms with Crippen LogP contribution in [0.3, 0.4) is 0 Å².